The molecular formula is C12H14ClN5. The second kappa shape index (κ2) is 5.64. The summed E-state index contributed by atoms with van der Waals surface area (Å²) in [6, 6.07) is 3.98. The second-order valence-electron chi connectivity index (χ2n) is 3.74. The number of aromatic nitrogens is 3. The zero-order valence-corrected chi connectivity index (χ0v) is 10.8. The Morgan fingerprint density at radius 3 is 2.94 bits per heavy atom. The fourth-order valence-corrected chi connectivity index (χ4v) is 1.77. The van der Waals surface area contributed by atoms with Crippen molar-refractivity contribution in [3.63, 3.8) is 0 Å². The van der Waals surface area contributed by atoms with Gasteiger partial charge in [0.25, 0.3) is 0 Å². The van der Waals surface area contributed by atoms with E-state index in [0.29, 0.717) is 18.1 Å². The molecule has 2 heterocycles. The molecule has 94 valence electrons. The number of aryl methyl sites for hydroxylation is 1. The molecule has 0 aliphatic rings. The van der Waals surface area contributed by atoms with Gasteiger partial charge in [-0.1, -0.05) is 24.6 Å². The first kappa shape index (κ1) is 12.6. The molecule has 0 bridgehead atoms. The third-order valence-electron chi connectivity index (χ3n) is 2.62. The van der Waals surface area contributed by atoms with E-state index in [4.69, 9.17) is 17.3 Å². The molecule has 3 N–H and O–H groups in total. The van der Waals surface area contributed by atoms with Crippen LogP contribution in [0.5, 0.6) is 0 Å². The second-order valence-corrected chi connectivity index (χ2v) is 4.10. The van der Waals surface area contributed by atoms with Crippen LogP contribution in [-0.4, -0.2) is 15.0 Å². The molecule has 2 rings (SSSR count). The number of anilines is 2. The SMILES string of the molecule is CCc1cccnc1CNc1ncnc(Cl)c1N. The van der Waals surface area contributed by atoms with Gasteiger partial charge in [-0.25, -0.2) is 9.97 Å². The van der Waals surface area contributed by atoms with Crippen molar-refractivity contribution in [2.45, 2.75) is 19.9 Å². The van der Waals surface area contributed by atoms with Crippen LogP contribution < -0.4 is 11.1 Å². The Morgan fingerprint density at radius 1 is 1.33 bits per heavy atom. The molecule has 18 heavy (non-hydrogen) atoms. The molecular weight excluding hydrogens is 250 g/mol. The lowest BCUT2D eigenvalue weighted by atomic mass is 10.1. The lowest BCUT2D eigenvalue weighted by Gasteiger charge is -2.10. The quantitative estimate of drug-likeness (QED) is 0.828. The van der Waals surface area contributed by atoms with Gasteiger partial charge in [-0.15, -0.1) is 0 Å². The Kier molecular flexibility index (Phi) is 3.94. The summed E-state index contributed by atoms with van der Waals surface area (Å²) < 4.78 is 0. The van der Waals surface area contributed by atoms with E-state index < -0.39 is 0 Å². The monoisotopic (exact) mass is 263 g/mol. The highest BCUT2D eigenvalue weighted by Crippen LogP contribution is 2.22. The average Bonchev–Trinajstić information content (AvgIpc) is 2.41. The number of halogens is 1. The van der Waals surface area contributed by atoms with Gasteiger partial charge in [-0.3, -0.25) is 4.98 Å². The summed E-state index contributed by atoms with van der Waals surface area (Å²) in [6.07, 6.45) is 4.08. The first-order valence-electron chi connectivity index (χ1n) is 5.65. The van der Waals surface area contributed by atoms with E-state index in [2.05, 4.69) is 33.3 Å². The lowest BCUT2D eigenvalue weighted by Crippen LogP contribution is -2.08. The van der Waals surface area contributed by atoms with E-state index in [1.807, 2.05) is 6.07 Å². The molecule has 0 radical (unpaired) electrons. The van der Waals surface area contributed by atoms with Crippen LogP contribution in [0, 0.1) is 0 Å². The summed E-state index contributed by atoms with van der Waals surface area (Å²) in [5.41, 5.74) is 8.31. The van der Waals surface area contributed by atoms with Gasteiger partial charge in [0.2, 0.25) is 0 Å². The highest BCUT2D eigenvalue weighted by molar-refractivity contribution is 6.32. The third kappa shape index (κ3) is 2.68. The van der Waals surface area contributed by atoms with E-state index in [-0.39, 0.29) is 5.15 Å². The predicted octanol–water partition coefficient (Wildman–Crippen LogP) is 2.28. The highest BCUT2D eigenvalue weighted by atomic mass is 35.5. The first-order valence-corrected chi connectivity index (χ1v) is 6.02. The van der Waals surface area contributed by atoms with E-state index in [1.165, 1.54) is 11.9 Å². The number of hydrogen-bond donors (Lipinski definition) is 2. The Morgan fingerprint density at radius 2 is 2.17 bits per heavy atom. The number of nitrogens with one attached hydrogen (secondary N) is 1. The normalized spacial score (nSPS) is 10.3. The summed E-state index contributed by atoms with van der Waals surface area (Å²) >= 11 is 5.82. The molecule has 2 aromatic heterocycles. The molecule has 0 aliphatic carbocycles. The molecule has 0 aromatic carbocycles. The van der Waals surface area contributed by atoms with Crippen LogP contribution in [0.15, 0.2) is 24.7 Å². The lowest BCUT2D eigenvalue weighted by molar-refractivity contribution is 0.962. The van der Waals surface area contributed by atoms with Crippen molar-refractivity contribution in [1.82, 2.24) is 15.0 Å². The third-order valence-corrected chi connectivity index (χ3v) is 2.93. The van der Waals surface area contributed by atoms with Gasteiger partial charge in [-0.05, 0) is 18.1 Å². The summed E-state index contributed by atoms with van der Waals surface area (Å²) in [5, 5.41) is 3.38. The van der Waals surface area contributed by atoms with Gasteiger partial charge < -0.3 is 11.1 Å². The van der Waals surface area contributed by atoms with Crippen molar-refractivity contribution in [3.05, 3.63) is 41.1 Å². The number of nitrogen functional groups attached to an aromatic ring is 1. The molecule has 0 fully saturated rings. The smallest absolute Gasteiger partial charge is 0.157 e. The zero-order chi connectivity index (χ0) is 13.0. The van der Waals surface area contributed by atoms with Crippen molar-refractivity contribution in [2.75, 3.05) is 11.1 Å². The van der Waals surface area contributed by atoms with Crippen LogP contribution in [0.3, 0.4) is 0 Å². The molecule has 0 unspecified atom stereocenters. The molecule has 5 nitrogen and oxygen atoms in total. The average molecular weight is 264 g/mol. The Labute approximate surface area is 110 Å². The van der Waals surface area contributed by atoms with Gasteiger partial charge in [0.05, 0.1) is 12.2 Å². The molecule has 0 spiro atoms. The van der Waals surface area contributed by atoms with Crippen molar-refractivity contribution in [2.24, 2.45) is 0 Å². The van der Waals surface area contributed by atoms with Gasteiger partial charge >= 0.3 is 0 Å². The largest absolute Gasteiger partial charge is 0.393 e. The number of pyridine rings is 1. The van der Waals surface area contributed by atoms with Crippen molar-refractivity contribution in [1.29, 1.82) is 0 Å². The number of nitrogens with zero attached hydrogens (tertiary/aromatic N) is 3. The van der Waals surface area contributed by atoms with Crippen LogP contribution >= 0.6 is 11.6 Å². The highest BCUT2D eigenvalue weighted by Gasteiger charge is 2.07. The van der Waals surface area contributed by atoms with Crippen molar-refractivity contribution in [3.8, 4) is 0 Å². The topological polar surface area (TPSA) is 76.7 Å². The summed E-state index contributed by atoms with van der Waals surface area (Å²) in [4.78, 5) is 12.2. The van der Waals surface area contributed by atoms with Crippen LogP contribution in [0.25, 0.3) is 0 Å². The maximum Gasteiger partial charge on any atom is 0.157 e. The van der Waals surface area contributed by atoms with Crippen molar-refractivity contribution >= 4 is 23.1 Å². The first-order chi connectivity index (χ1) is 8.72. The Balaban J connectivity index is 2.14. The van der Waals surface area contributed by atoms with E-state index >= 15 is 0 Å². The fourth-order valence-electron chi connectivity index (χ4n) is 1.63. The van der Waals surface area contributed by atoms with E-state index in [0.717, 1.165) is 12.1 Å². The fraction of sp³-hybridized carbons (Fsp3) is 0.250. The molecule has 0 saturated heterocycles. The predicted molar refractivity (Wildman–Crippen MR) is 72.4 cm³/mol. The Bertz CT molecular complexity index is 544. The molecule has 0 saturated carbocycles. The maximum atomic E-state index is 5.82. The standard InChI is InChI=1S/C12H14ClN5/c1-2-8-4-3-5-15-9(8)6-16-12-10(14)11(13)17-7-18-12/h3-5,7H,2,6,14H2,1H3,(H,16,17,18). The zero-order valence-electron chi connectivity index (χ0n) is 10.0. The van der Waals surface area contributed by atoms with Crippen LogP contribution in [-0.2, 0) is 13.0 Å². The minimum Gasteiger partial charge on any atom is -0.393 e. The van der Waals surface area contributed by atoms with Crippen LogP contribution in [0.2, 0.25) is 5.15 Å². The van der Waals surface area contributed by atoms with E-state index in [1.54, 1.807) is 6.20 Å². The van der Waals surface area contributed by atoms with Crippen LogP contribution in [0.4, 0.5) is 11.5 Å². The molecule has 0 amide bonds. The maximum absolute atomic E-state index is 5.82. The molecule has 0 aliphatic heterocycles. The Hall–Kier alpha value is -1.88. The number of hydrogen-bond acceptors (Lipinski definition) is 5. The summed E-state index contributed by atoms with van der Waals surface area (Å²) in [7, 11) is 0. The van der Waals surface area contributed by atoms with Gasteiger partial charge in [0.1, 0.15) is 12.0 Å². The molecule has 6 heteroatoms. The minimum absolute atomic E-state index is 0.254. The minimum atomic E-state index is 0.254. The summed E-state index contributed by atoms with van der Waals surface area (Å²) in [5.74, 6) is 0.530. The van der Waals surface area contributed by atoms with Crippen molar-refractivity contribution < 1.29 is 0 Å². The molecule has 2 aromatic rings. The van der Waals surface area contributed by atoms with Gasteiger partial charge in [0, 0.05) is 6.20 Å². The van der Waals surface area contributed by atoms with Crippen LogP contribution in [0.1, 0.15) is 18.2 Å². The number of nitrogens with two attached hydrogens (primary N) is 1. The molecule has 0 atom stereocenters. The van der Waals surface area contributed by atoms with Gasteiger partial charge in [0.15, 0.2) is 11.0 Å². The van der Waals surface area contributed by atoms with E-state index in [9.17, 15) is 0 Å². The number of rotatable bonds is 4. The summed E-state index contributed by atoms with van der Waals surface area (Å²) in [6.45, 7) is 2.65. The van der Waals surface area contributed by atoms with Gasteiger partial charge in [-0.2, -0.15) is 0 Å².